The lowest BCUT2D eigenvalue weighted by Gasteiger charge is -2.04. The van der Waals surface area contributed by atoms with Gasteiger partial charge in [0.25, 0.3) is 5.91 Å². The average Bonchev–Trinajstić information content (AvgIpc) is 2.30. The van der Waals surface area contributed by atoms with E-state index in [2.05, 4.69) is 20.8 Å². The maximum Gasteiger partial charge on any atom is 0.305 e. The summed E-state index contributed by atoms with van der Waals surface area (Å²) in [7, 11) is 0. The van der Waals surface area contributed by atoms with Gasteiger partial charge in [-0.15, -0.1) is 10.2 Å². The minimum Gasteiger partial charge on any atom is -0.481 e. The number of aliphatic carboxylic acids is 1. The maximum absolute atomic E-state index is 11.3. The molecule has 92 valence electrons. The number of aromatic nitrogens is 2. The van der Waals surface area contributed by atoms with Crippen molar-refractivity contribution < 1.29 is 14.7 Å². The van der Waals surface area contributed by atoms with E-state index < -0.39 is 5.97 Å². The molecule has 1 aromatic rings. The molecule has 0 radical (unpaired) electrons. The van der Waals surface area contributed by atoms with E-state index in [9.17, 15) is 9.59 Å². The summed E-state index contributed by atoms with van der Waals surface area (Å²) in [5, 5.41) is 21.3. The first-order valence-corrected chi connectivity index (χ1v) is 5.21. The van der Waals surface area contributed by atoms with Crippen LogP contribution in [0.15, 0.2) is 12.1 Å². The molecular formula is C10H14N4O3. The van der Waals surface area contributed by atoms with Gasteiger partial charge in [0.1, 0.15) is 5.82 Å². The highest BCUT2D eigenvalue weighted by Crippen LogP contribution is 2.01. The van der Waals surface area contributed by atoms with Crippen LogP contribution < -0.4 is 10.6 Å². The van der Waals surface area contributed by atoms with Crippen molar-refractivity contribution in [3.63, 3.8) is 0 Å². The van der Waals surface area contributed by atoms with Crippen LogP contribution >= 0.6 is 0 Å². The molecule has 0 aliphatic rings. The molecule has 3 N–H and O–H groups in total. The minimum absolute atomic E-state index is 0.000246. The number of carbonyl (C=O) groups excluding carboxylic acids is 1. The van der Waals surface area contributed by atoms with Crippen LogP contribution in [0.2, 0.25) is 0 Å². The van der Waals surface area contributed by atoms with Crippen molar-refractivity contribution in [1.29, 1.82) is 0 Å². The van der Waals surface area contributed by atoms with E-state index >= 15 is 0 Å². The molecule has 0 aliphatic carbocycles. The number of hydrogen-bond donors (Lipinski definition) is 3. The second-order valence-electron chi connectivity index (χ2n) is 3.23. The molecule has 0 aliphatic heterocycles. The number of nitrogens with one attached hydrogen (secondary N) is 2. The summed E-state index contributed by atoms with van der Waals surface area (Å²) in [6.45, 7) is 2.61. The van der Waals surface area contributed by atoms with E-state index in [1.807, 2.05) is 6.92 Å². The highest BCUT2D eigenvalue weighted by atomic mass is 16.4. The Morgan fingerprint density at radius 2 is 2.12 bits per heavy atom. The van der Waals surface area contributed by atoms with Crippen molar-refractivity contribution in [2.45, 2.75) is 13.3 Å². The lowest BCUT2D eigenvalue weighted by molar-refractivity contribution is -0.136. The average molecular weight is 238 g/mol. The van der Waals surface area contributed by atoms with Gasteiger partial charge in [0, 0.05) is 13.1 Å². The molecule has 0 unspecified atom stereocenters. The van der Waals surface area contributed by atoms with Gasteiger partial charge in [-0.25, -0.2) is 0 Å². The Hall–Kier alpha value is -2.18. The molecule has 1 rings (SSSR count). The zero-order valence-electron chi connectivity index (χ0n) is 9.43. The molecule has 0 atom stereocenters. The SMILES string of the molecule is CCNC(=O)c1ccc(NCCC(=O)O)nn1. The van der Waals surface area contributed by atoms with Gasteiger partial charge in [0.2, 0.25) is 0 Å². The highest BCUT2D eigenvalue weighted by molar-refractivity contribution is 5.92. The van der Waals surface area contributed by atoms with Gasteiger partial charge in [-0.3, -0.25) is 9.59 Å². The number of amides is 1. The third-order valence-electron chi connectivity index (χ3n) is 1.88. The van der Waals surface area contributed by atoms with Crippen molar-refractivity contribution >= 4 is 17.7 Å². The Kier molecular flexibility index (Phi) is 4.86. The van der Waals surface area contributed by atoms with Gasteiger partial charge in [-0.1, -0.05) is 0 Å². The first-order valence-electron chi connectivity index (χ1n) is 5.21. The van der Waals surface area contributed by atoms with E-state index in [0.717, 1.165) is 0 Å². The summed E-state index contributed by atoms with van der Waals surface area (Å²) >= 11 is 0. The van der Waals surface area contributed by atoms with Crippen LogP contribution in [0.1, 0.15) is 23.8 Å². The molecule has 0 aromatic carbocycles. The summed E-state index contributed by atoms with van der Waals surface area (Å²) in [4.78, 5) is 21.6. The number of carbonyl (C=O) groups is 2. The van der Waals surface area contributed by atoms with Gasteiger partial charge < -0.3 is 15.7 Å². The molecule has 0 saturated heterocycles. The van der Waals surface area contributed by atoms with Crippen LogP contribution in [0, 0.1) is 0 Å². The monoisotopic (exact) mass is 238 g/mol. The molecule has 1 heterocycles. The van der Waals surface area contributed by atoms with Crippen LogP contribution in [0.4, 0.5) is 5.82 Å². The van der Waals surface area contributed by atoms with Crippen molar-refractivity contribution in [2.75, 3.05) is 18.4 Å². The molecule has 0 spiro atoms. The summed E-state index contributed by atoms with van der Waals surface area (Å²) in [6.07, 6.45) is -0.000246. The zero-order chi connectivity index (χ0) is 12.7. The fourth-order valence-electron chi connectivity index (χ4n) is 1.10. The van der Waals surface area contributed by atoms with E-state index in [1.54, 1.807) is 6.07 Å². The molecule has 7 nitrogen and oxygen atoms in total. The summed E-state index contributed by atoms with van der Waals surface area (Å²) in [5.74, 6) is -0.721. The highest BCUT2D eigenvalue weighted by Gasteiger charge is 2.06. The van der Waals surface area contributed by atoms with Crippen LogP contribution in [0.3, 0.4) is 0 Å². The Labute approximate surface area is 98.2 Å². The lowest BCUT2D eigenvalue weighted by Crippen LogP contribution is -2.24. The predicted molar refractivity (Wildman–Crippen MR) is 60.8 cm³/mol. The second-order valence-corrected chi connectivity index (χ2v) is 3.23. The molecule has 7 heteroatoms. The van der Waals surface area contributed by atoms with Gasteiger partial charge >= 0.3 is 5.97 Å². The maximum atomic E-state index is 11.3. The van der Waals surface area contributed by atoms with Crippen LogP contribution in [0.25, 0.3) is 0 Å². The van der Waals surface area contributed by atoms with E-state index in [0.29, 0.717) is 12.4 Å². The Morgan fingerprint density at radius 1 is 1.35 bits per heavy atom. The molecule has 17 heavy (non-hydrogen) atoms. The van der Waals surface area contributed by atoms with Gasteiger partial charge in [0.05, 0.1) is 6.42 Å². The summed E-state index contributed by atoms with van der Waals surface area (Å²) < 4.78 is 0. The quantitative estimate of drug-likeness (QED) is 0.650. The van der Waals surface area contributed by atoms with E-state index in [1.165, 1.54) is 6.07 Å². The normalized spacial score (nSPS) is 9.71. The smallest absolute Gasteiger partial charge is 0.305 e. The molecule has 0 bridgehead atoms. The van der Waals surface area contributed by atoms with E-state index in [4.69, 9.17) is 5.11 Å². The molecule has 0 saturated carbocycles. The number of rotatable bonds is 6. The number of nitrogens with zero attached hydrogens (tertiary/aromatic N) is 2. The standard InChI is InChI=1S/C10H14N4O3/c1-2-11-10(17)7-3-4-8(14-13-7)12-6-5-9(15)16/h3-4H,2,5-6H2,1H3,(H,11,17)(H,12,14)(H,15,16). The molecular weight excluding hydrogens is 224 g/mol. The molecule has 1 aromatic heterocycles. The van der Waals surface area contributed by atoms with Crippen molar-refractivity contribution in [1.82, 2.24) is 15.5 Å². The first-order chi connectivity index (χ1) is 8.13. The van der Waals surface area contributed by atoms with Crippen molar-refractivity contribution in [2.24, 2.45) is 0 Å². The third-order valence-corrected chi connectivity index (χ3v) is 1.88. The Morgan fingerprint density at radius 3 is 2.65 bits per heavy atom. The van der Waals surface area contributed by atoms with E-state index in [-0.39, 0.29) is 24.6 Å². The first kappa shape index (κ1) is 12.9. The fourth-order valence-corrected chi connectivity index (χ4v) is 1.10. The Bertz CT molecular complexity index is 391. The molecule has 0 fully saturated rings. The largest absolute Gasteiger partial charge is 0.481 e. The summed E-state index contributed by atoms with van der Waals surface area (Å²) in [6, 6.07) is 3.11. The summed E-state index contributed by atoms with van der Waals surface area (Å²) in [5.41, 5.74) is 0.232. The van der Waals surface area contributed by atoms with Crippen molar-refractivity contribution in [3.8, 4) is 0 Å². The van der Waals surface area contributed by atoms with Crippen LogP contribution in [-0.4, -0.2) is 40.3 Å². The zero-order valence-corrected chi connectivity index (χ0v) is 9.43. The number of carboxylic acids is 1. The van der Waals surface area contributed by atoms with Crippen molar-refractivity contribution in [3.05, 3.63) is 17.8 Å². The van der Waals surface area contributed by atoms with Gasteiger partial charge in [0.15, 0.2) is 5.69 Å². The fraction of sp³-hybridized carbons (Fsp3) is 0.400. The van der Waals surface area contributed by atoms with Gasteiger partial charge in [-0.2, -0.15) is 0 Å². The molecule has 1 amide bonds. The van der Waals surface area contributed by atoms with Gasteiger partial charge in [-0.05, 0) is 19.1 Å². The Balaban J connectivity index is 2.50. The predicted octanol–water partition coefficient (Wildman–Crippen LogP) is 0.113. The third kappa shape index (κ3) is 4.45. The second kappa shape index (κ2) is 6.41. The number of anilines is 1. The lowest BCUT2D eigenvalue weighted by atomic mass is 10.3. The topological polar surface area (TPSA) is 104 Å². The van der Waals surface area contributed by atoms with Crippen LogP contribution in [0.5, 0.6) is 0 Å². The number of carboxylic acid groups (broad SMARTS) is 1. The number of hydrogen-bond acceptors (Lipinski definition) is 5. The minimum atomic E-state index is -0.885. The van der Waals surface area contributed by atoms with Crippen LogP contribution in [-0.2, 0) is 4.79 Å².